The topological polar surface area (TPSA) is 84.0 Å². The number of rotatable bonds is 3. The van der Waals surface area contributed by atoms with E-state index in [0.29, 0.717) is 11.6 Å². The molecule has 11 heteroatoms. The molecule has 2 rings (SSSR count). The Kier molecular flexibility index (Phi) is 5.81. The molecule has 3 amide bonds. The van der Waals surface area contributed by atoms with Gasteiger partial charge in [0.25, 0.3) is 12.3 Å². The summed E-state index contributed by atoms with van der Waals surface area (Å²) in [6.45, 7) is 1.47. The van der Waals surface area contributed by atoms with E-state index in [1.165, 1.54) is 13.0 Å². The highest BCUT2D eigenvalue weighted by Crippen LogP contribution is 2.27. The lowest BCUT2D eigenvalue weighted by atomic mass is 10.2. The molecule has 6 nitrogen and oxygen atoms in total. The number of carbonyl (C=O) groups excluding carboxylic acids is 2. The summed E-state index contributed by atoms with van der Waals surface area (Å²) < 4.78 is 39.3. The summed E-state index contributed by atoms with van der Waals surface area (Å²) in [5.41, 5.74) is -1.03. The number of imide groups is 1. The Morgan fingerprint density at radius 2 is 1.92 bits per heavy atom. The molecular formula is C14H9Cl2F3N4O2. The molecule has 25 heavy (non-hydrogen) atoms. The number of hydrogen-bond acceptors (Lipinski definition) is 4. The highest BCUT2D eigenvalue weighted by atomic mass is 35.5. The molecule has 132 valence electrons. The average Bonchev–Trinajstić information content (AvgIpc) is 2.52. The molecule has 0 saturated carbocycles. The third-order valence-corrected chi connectivity index (χ3v) is 3.55. The predicted octanol–water partition coefficient (Wildman–Crippen LogP) is 4.13. The van der Waals surface area contributed by atoms with Crippen LogP contribution in [0.2, 0.25) is 10.3 Å². The van der Waals surface area contributed by atoms with Crippen molar-refractivity contribution in [2.75, 3.05) is 5.32 Å². The third kappa shape index (κ3) is 4.37. The van der Waals surface area contributed by atoms with Gasteiger partial charge in [-0.05, 0) is 24.6 Å². The second-order valence-corrected chi connectivity index (χ2v) is 5.41. The van der Waals surface area contributed by atoms with Crippen molar-refractivity contribution in [1.82, 2.24) is 15.3 Å². The van der Waals surface area contributed by atoms with Crippen LogP contribution in [0.5, 0.6) is 0 Å². The van der Waals surface area contributed by atoms with Gasteiger partial charge in [0.05, 0.1) is 11.3 Å². The lowest BCUT2D eigenvalue weighted by Crippen LogP contribution is -2.35. The van der Waals surface area contributed by atoms with Gasteiger partial charge in [-0.3, -0.25) is 15.1 Å². The van der Waals surface area contributed by atoms with Crippen LogP contribution >= 0.6 is 23.2 Å². The number of alkyl halides is 2. The number of carbonyl (C=O) groups is 2. The van der Waals surface area contributed by atoms with Crippen molar-refractivity contribution in [3.63, 3.8) is 0 Å². The van der Waals surface area contributed by atoms with Crippen LogP contribution in [0.25, 0.3) is 0 Å². The van der Waals surface area contributed by atoms with E-state index in [0.717, 1.165) is 6.20 Å². The van der Waals surface area contributed by atoms with E-state index in [2.05, 4.69) is 15.3 Å². The summed E-state index contributed by atoms with van der Waals surface area (Å²) in [5, 5.41) is 2.97. The fourth-order valence-corrected chi connectivity index (χ4v) is 2.23. The lowest BCUT2D eigenvalue weighted by molar-refractivity contribution is 0.0966. The maximum absolute atomic E-state index is 13.4. The Morgan fingerprint density at radius 1 is 1.24 bits per heavy atom. The van der Waals surface area contributed by atoms with E-state index in [4.69, 9.17) is 23.2 Å². The van der Waals surface area contributed by atoms with Gasteiger partial charge in [-0.15, -0.1) is 0 Å². The SMILES string of the molecule is Cc1ccnc(C(F)F)c1NC(=O)NC(=O)c1cc(F)c(Cl)nc1Cl. The summed E-state index contributed by atoms with van der Waals surface area (Å²) in [4.78, 5) is 30.7. The Balaban J connectivity index is 2.19. The van der Waals surface area contributed by atoms with E-state index in [-0.39, 0.29) is 5.69 Å². The maximum Gasteiger partial charge on any atom is 0.326 e. The summed E-state index contributed by atoms with van der Waals surface area (Å²) >= 11 is 11.1. The van der Waals surface area contributed by atoms with Gasteiger partial charge in [0.1, 0.15) is 10.8 Å². The fourth-order valence-electron chi connectivity index (χ4n) is 1.83. The van der Waals surface area contributed by atoms with E-state index in [9.17, 15) is 22.8 Å². The normalized spacial score (nSPS) is 10.7. The van der Waals surface area contributed by atoms with Crippen LogP contribution in [0.1, 0.15) is 28.0 Å². The molecular weight excluding hydrogens is 384 g/mol. The monoisotopic (exact) mass is 392 g/mol. The van der Waals surface area contributed by atoms with Crippen molar-refractivity contribution < 1.29 is 22.8 Å². The van der Waals surface area contributed by atoms with Crippen molar-refractivity contribution in [1.29, 1.82) is 0 Å². The molecule has 2 aromatic rings. The van der Waals surface area contributed by atoms with Crippen molar-refractivity contribution in [3.05, 3.63) is 51.3 Å². The van der Waals surface area contributed by atoms with Crippen molar-refractivity contribution >= 4 is 40.8 Å². The first kappa shape index (κ1) is 18.9. The van der Waals surface area contributed by atoms with Gasteiger partial charge in [-0.2, -0.15) is 0 Å². The number of hydrogen-bond donors (Lipinski definition) is 2. The largest absolute Gasteiger partial charge is 0.326 e. The maximum atomic E-state index is 13.4. The Morgan fingerprint density at radius 3 is 2.56 bits per heavy atom. The summed E-state index contributed by atoms with van der Waals surface area (Å²) in [7, 11) is 0. The Bertz CT molecular complexity index is 849. The molecule has 0 saturated heterocycles. The molecule has 0 atom stereocenters. The molecule has 0 spiro atoms. The lowest BCUT2D eigenvalue weighted by Gasteiger charge is -2.13. The highest BCUT2D eigenvalue weighted by Gasteiger charge is 2.21. The van der Waals surface area contributed by atoms with Gasteiger partial charge in [0.2, 0.25) is 0 Å². The molecule has 0 fully saturated rings. The van der Waals surface area contributed by atoms with Crippen LogP contribution in [0, 0.1) is 12.7 Å². The second-order valence-electron chi connectivity index (χ2n) is 4.70. The molecule has 0 aromatic carbocycles. The molecule has 0 radical (unpaired) electrons. The fraction of sp³-hybridized carbons (Fsp3) is 0.143. The summed E-state index contributed by atoms with van der Waals surface area (Å²) in [6, 6.07) is 0.966. The quantitative estimate of drug-likeness (QED) is 0.769. The molecule has 2 heterocycles. The van der Waals surface area contributed by atoms with Crippen LogP contribution in [0.3, 0.4) is 0 Å². The van der Waals surface area contributed by atoms with Crippen LogP contribution in [-0.4, -0.2) is 21.9 Å². The van der Waals surface area contributed by atoms with Crippen molar-refractivity contribution in [3.8, 4) is 0 Å². The predicted molar refractivity (Wildman–Crippen MR) is 84.6 cm³/mol. The van der Waals surface area contributed by atoms with Crippen LogP contribution in [0.4, 0.5) is 23.7 Å². The Labute approximate surface area is 149 Å². The van der Waals surface area contributed by atoms with Gasteiger partial charge in [-0.25, -0.2) is 22.9 Å². The minimum absolute atomic E-state index is 0.241. The summed E-state index contributed by atoms with van der Waals surface area (Å²) in [5.74, 6) is -2.11. The number of halogens is 5. The number of nitrogens with zero attached hydrogens (tertiary/aromatic N) is 2. The van der Waals surface area contributed by atoms with Crippen molar-refractivity contribution in [2.24, 2.45) is 0 Å². The molecule has 0 aliphatic heterocycles. The molecule has 2 aromatic heterocycles. The number of anilines is 1. The highest BCUT2D eigenvalue weighted by molar-refractivity contribution is 6.35. The zero-order valence-electron chi connectivity index (χ0n) is 12.4. The van der Waals surface area contributed by atoms with Gasteiger partial charge >= 0.3 is 6.03 Å². The summed E-state index contributed by atoms with van der Waals surface area (Å²) in [6.07, 6.45) is -1.78. The van der Waals surface area contributed by atoms with Crippen LogP contribution < -0.4 is 10.6 Å². The number of pyridine rings is 2. The molecule has 2 N–H and O–H groups in total. The van der Waals surface area contributed by atoms with Crippen LogP contribution in [0.15, 0.2) is 18.3 Å². The van der Waals surface area contributed by atoms with Gasteiger partial charge in [0.15, 0.2) is 11.0 Å². The van der Waals surface area contributed by atoms with Gasteiger partial charge in [0, 0.05) is 6.20 Å². The first-order valence-corrected chi connectivity index (χ1v) is 7.33. The molecule has 0 aliphatic rings. The number of urea groups is 1. The van der Waals surface area contributed by atoms with E-state index < -0.39 is 45.7 Å². The van der Waals surface area contributed by atoms with Gasteiger partial charge < -0.3 is 5.32 Å². The van der Waals surface area contributed by atoms with E-state index in [1.54, 1.807) is 0 Å². The first-order chi connectivity index (χ1) is 11.7. The number of aryl methyl sites for hydroxylation is 1. The minimum Gasteiger partial charge on any atom is -0.305 e. The molecule has 0 bridgehead atoms. The zero-order chi connectivity index (χ0) is 18.7. The van der Waals surface area contributed by atoms with Crippen molar-refractivity contribution in [2.45, 2.75) is 13.3 Å². The van der Waals surface area contributed by atoms with Crippen LogP contribution in [-0.2, 0) is 0 Å². The zero-order valence-corrected chi connectivity index (χ0v) is 13.9. The average molecular weight is 393 g/mol. The number of nitrogens with one attached hydrogen (secondary N) is 2. The Hall–Kier alpha value is -2.39. The van der Waals surface area contributed by atoms with E-state index >= 15 is 0 Å². The van der Waals surface area contributed by atoms with E-state index in [1.807, 2.05) is 5.32 Å². The second kappa shape index (κ2) is 7.66. The number of amides is 3. The molecule has 0 unspecified atom stereocenters. The third-order valence-electron chi connectivity index (χ3n) is 2.99. The minimum atomic E-state index is -2.94. The molecule has 0 aliphatic carbocycles. The van der Waals surface area contributed by atoms with Gasteiger partial charge in [-0.1, -0.05) is 23.2 Å². The smallest absolute Gasteiger partial charge is 0.305 e. The standard InChI is InChI=1S/C14H9Cl2F3N4O2/c1-5-2-3-20-9(12(18)19)8(5)21-14(25)23-13(24)6-4-7(17)11(16)22-10(6)15/h2-4,12H,1H3,(H2,21,23,24,25). The number of aromatic nitrogens is 2. The first-order valence-electron chi connectivity index (χ1n) is 6.58.